The van der Waals surface area contributed by atoms with Crippen LogP contribution in [0.25, 0.3) is 0 Å². The van der Waals surface area contributed by atoms with E-state index in [-0.39, 0.29) is 36.1 Å². The van der Waals surface area contributed by atoms with Crippen LogP contribution in [0.1, 0.15) is 18.0 Å². The molecule has 0 spiro atoms. The summed E-state index contributed by atoms with van der Waals surface area (Å²) in [6.45, 7) is 0.547. The molecule has 1 N–H and O–H groups in total. The van der Waals surface area contributed by atoms with Crippen molar-refractivity contribution in [2.75, 3.05) is 18.8 Å². The summed E-state index contributed by atoms with van der Waals surface area (Å²) in [4.78, 5) is 26.5. The van der Waals surface area contributed by atoms with E-state index in [1.165, 1.54) is 41.3 Å². The van der Waals surface area contributed by atoms with Crippen LogP contribution in [0.2, 0.25) is 0 Å². The van der Waals surface area contributed by atoms with Gasteiger partial charge >= 0.3 is 0 Å². The number of nitrogens with zero attached hydrogens (tertiary/aromatic N) is 1. The number of piperazine rings is 1. The molecule has 8 heteroatoms. The maximum absolute atomic E-state index is 13.2. The smallest absolute Gasteiger partial charge is 0.247 e. The highest BCUT2D eigenvalue weighted by atomic mass is 32.2. The van der Waals surface area contributed by atoms with Crippen LogP contribution < -0.4 is 5.32 Å². The molecule has 27 heavy (non-hydrogen) atoms. The van der Waals surface area contributed by atoms with Gasteiger partial charge in [0, 0.05) is 19.5 Å². The van der Waals surface area contributed by atoms with Gasteiger partial charge in [-0.25, -0.2) is 12.8 Å². The van der Waals surface area contributed by atoms with Crippen molar-refractivity contribution in [2.45, 2.75) is 17.4 Å². The maximum atomic E-state index is 13.2. The second kappa shape index (κ2) is 7.87. The van der Waals surface area contributed by atoms with Gasteiger partial charge in [-0.2, -0.15) is 0 Å². The lowest BCUT2D eigenvalue weighted by Crippen LogP contribution is -2.52. The Morgan fingerprint density at radius 3 is 2.44 bits per heavy atom. The van der Waals surface area contributed by atoms with E-state index in [0.717, 1.165) is 0 Å². The fourth-order valence-electron chi connectivity index (χ4n) is 3.02. The van der Waals surface area contributed by atoms with Gasteiger partial charge in [0.25, 0.3) is 0 Å². The molecule has 1 fully saturated rings. The first-order valence-corrected chi connectivity index (χ1v) is 10.1. The van der Waals surface area contributed by atoms with Crippen LogP contribution >= 0.6 is 0 Å². The number of carbonyl (C=O) groups is 2. The van der Waals surface area contributed by atoms with Gasteiger partial charge in [-0.3, -0.25) is 9.59 Å². The quantitative estimate of drug-likeness (QED) is 0.842. The number of rotatable bonds is 5. The first kappa shape index (κ1) is 19.0. The number of hydrogen-bond acceptors (Lipinski definition) is 4. The standard InChI is InChI=1S/C19H19FN2O4S/c20-15-8-6-14(7-9-15)18-19(24)21-11-12-22(18)17(23)10-13-27(25,26)16-4-2-1-3-5-16/h1-9,18H,10-13H2,(H,21,24). The molecule has 6 nitrogen and oxygen atoms in total. The Labute approximate surface area is 156 Å². The monoisotopic (exact) mass is 390 g/mol. The van der Waals surface area contributed by atoms with Crippen molar-refractivity contribution >= 4 is 21.7 Å². The van der Waals surface area contributed by atoms with E-state index < -0.39 is 27.6 Å². The van der Waals surface area contributed by atoms with E-state index in [1.54, 1.807) is 18.2 Å². The van der Waals surface area contributed by atoms with Gasteiger partial charge in [0.2, 0.25) is 11.8 Å². The van der Waals surface area contributed by atoms with Crippen molar-refractivity contribution in [3.05, 3.63) is 66.0 Å². The molecule has 2 amide bonds. The average Bonchev–Trinajstić information content (AvgIpc) is 2.67. The second-order valence-electron chi connectivity index (χ2n) is 6.21. The van der Waals surface area contributed by atoms with E-state index in [0.29, 0.717) is 5.56 Å². The normalized spacial score (nSPS) is 17.4. The number of benzene rings is 2. The summed E-state index contributed by atoms with van der Waals surface area (Å²) in [5.74, 6) is -1.59. The molecule has 1 saturated heterocycles. The Bertz CT molecular complexity index is 930. The van der Waals surface area contributed by atoms with Gasteiger partial charge in [0.1, 0.15) is 11.9 Å². The van der Waals surface area contributed by atoms with E-state index in [2.05, 4.69) is 5.32 Å². The number of amides is 2. The van der Waals surface area contributed by atoms with Crippen LogP contribution in [0.3, 0.4) is 0 Å². The van der Waals surface area contributed by atoms with E-state index in [4.69, 9.17) is 0 Å². The topological polar surface area (TPSA) is 83.6 Å². The predicted octanol–water partition coefficient (Wildman–Crippen LogP) is 1.69. The molecule has 0 aliphatic carbocycles. The molecule has 0 aromatic heterocycles. The third kappa shape index (κ3) is 4.33. The van der Waals surface area contributed by atoms with Gasteiger partial charge in [-0.15, -0.1) is 0 Å². The maximum Gasteiger partial charge on any atom is 0.247 e. The molecule has 1 aliphatic rings. The van der Waals surface area contributed by atoms with Crippen LogP contribution in [0.4, 0.5) is 4.39 Å². The first-order valence-electron chi connectivity index (χ1n) is 8.49. The summed E-state index contributed by atoms with van der Waals surface area (Å²) in [5.41, 5.74) is 0.480. The van der Waals surface area contributed by atoms with Gasteiger partial charge in [0.05, 0.1) is 10.6 Å². The molecule has 142 valence electrons. The highest BCUT2D eigenvalue weighted by Crippen LogP contribution is 2.25. The van der Waals surface area contributed by atoms with E-state index in [9.17, 15) is 22.4 Å². The molecule has 0 radical (unpaired) electrons. The fourth-order valence-corrected chi connectivity index (χ4v) is 4.27. The van der Waals surface area contributed by atoms with Crippen LogP contribution in [0.5, 0.6) is 0 Å². The lowest BCUT2D eigenvalue weighted by atomic mass is 10.0. The lowest BCUT2D eigenvalue weighted by molar-refractivity contribution is -0.143. The molecule has 1 aliphatic heterocycles. The zero-order valence-electron chi connectivity index (χ0n) is 14.5. The molecule has 3 rings (SSSR count). The molecule has 2 aromatic rings. The fraction of sp³-hybridized carbons (Fsp3) is 0.263. The molecule has 2 aromatic carbocycles. The van der Waals surface area contributed by atoms with Gasteiger partial charge < -0.3 is 10.2 Å². The third-order valence-electron chi connectivity index (χ3n) is 4.41. The molecule has 1 unspecified atom stereocenters. The van der Waals surface area contributed by atoms with E-state index >= 15 is 0 Å². The zero-order valence-corrected chi connectivity index (χ0v) is 15.3. The summed E-state index contributed by atoms with van der Waals surface area (Å²) in [5, 5.41) is 2.68. The molecule has 0 saturated carbocycles. The number of carbonyl (C=O) groups excluding carboxylic acids is 2. The molecule has 1 heterocycles. The van der Waals surface area contributed by atoms with Crippen molar-refractivity contribution < 1.29 is 22.4 Å². The molecule has 1 atom stereocenters. The molecule has 0 bridgehead atoms. The summed E-state index contributed by atoms with van der Waals surface area (Å²) in [6.07, 6.45) is -0.234. The predicted molar refractivity (Wildman–Crippen MR) is 97.0 cm³/mol. The highest BCUT2D eigenvalue weighted by molar-refractivity contribution is 7.91. The number of halogens is 1. The van der Waals surface area contributed by atoms with Crippen LogP contribution in [-0.4, -0.2) is 44.0 Å². The largest absolute Gasteiger partial charge is 0.352 e. The average molecular weight is 390 g/mol. The minimum atomic E-state index is -3.59. The summed E-state index contributed by atoms with van der Waals surface area (Å²) < 4.78 is 37.9. The Morgan fingerprint density at radius 1 is 1.11 bits per heavy atom. The van der Waals surface area contributed by atoms with Crippen LogP contribution in [0, 0.1) is 5.82 Å². The SMILES string of the molecule is O=C1NCCN(C(=O)CCS(=O)(=O)c2ccccc2)C1c1ccc(F)cc1. The van der Waals surface area contributed by atoms with Crippen molar-refractivity contribution in [3.63, 3.8) is 0 Å². The van der Waals surface area contributed by atoms with Crippen molar-refractivity contribution in [3.8, 4) is 0 Å². The first-order chi connectivity index (χ1) is 12.9. The Morgan fingerprint density at radius 2 is 1.78 bits per heavy atom. The number of nitrogens with one attached hydrogen (secondary N) is 1. The summed E-state index contributed by atoms with van der Waals surface area (Å²) in [7, 11) is -3.59. The summed E-state index contributed by atoms with van der Waals surface area (Å²) in [6, 6.07) is 12.4. The van der Waals surface area contributed by atoms with Crippen LogP contribution in [0.15, 0.2) is 59.5 Å². The third-order valence-corrected chi connectivity index (χ3v) is 6.14. The van der Waals surface area contributed by atoms with Crippen molar-refractivity contribution in [1.82, 2.24) is 10.2 Å². The zero-order chi connectivity index (χ0) is 19.4. The Balaban J connectivity index is 1.75. The highest BCUT2D eigenvalue weighted by Gasteiger charge is 2.34. The van der Waals surface area contributed by atoms with Crippen LogP contribution in [-0.2, 0) is 19.4 Å². The Hall–Kier alpha value is -2.74. The Kier molecular flexibility index (Phi) is 5.55. The number of hydrogen-bond donors (Lipinski definition) is 1. The van der Waals surface area contributed by atoms with Crippen molar-refractivity contribution in [2.24, 2.45) is 0 Å². The number of sulfone groups is 1. The van der Waals surface area contributed by atoms with Crippen molar-refractivity contribution in [1.29, 1.82) is 0 Å². The molecular weight excluding hydrogens is 371 g/mol. The second-order valence-corrected chi connectivity index (χ2v) is 8.32. The minimum absolute atomic E-state index is 0.157. The van der Waals surface area contributed by atoms with Gasteiger partial charge in [0.15, 0.2) is 9.84 Å². The minimum Gasteiger partial charge on any atom is -0.352 e. The van der Waals surface area contributed by atoms with Gasteiger partial charge in [-0.05, 0) is 29.8 Å². The summed E-state index contributed by atoms with van der Waals surface area (Å²) >= 11 is 0. The molecular formula is C19H19FN2O4S. The van der Waals surface area contributed by atoms with E-state index in [1.807, 2.05) is 0 Å². The van der Waals surface area contributed by atoms with Gasteiger partial charge in [-0.1, -0.05) is 30.3 Å². The lowest BCUT2D eigenvalue weighted by Gasteiger charge is -2.35.